The Morgan fingerprint density at radius 3 is 2.04 bits per heavy atom. The lowest BCUT2D eigenvalue weighted by Gasteiger charge is -2.18. The van der Waals surface area contributed by atoms with Crippen molar-refractivity contribution in [1.82, 2.24) is 0 Å². The first-order valence-corrected chi connectivity index (χ1v) is 7.64. The van der Waals surface area contributed by atoms with E-state index in [0.717, 1.165) is 6.07 Å². The van der Waals surface area contributed by atoms with Gasteiger partial charge in [-0.25, -0.2) is 0 Å². The highest BCUT2D eigenvalue weighted by Gasteiger charge is 2.30. The number of thiocarbonyl (C=S) groups is 2. The van der Waals surface area contributed by atoms with E-state index in [1.54, 1.807) is 0 Å². The number of hydrogen-bond donors (Lipinski definition) is 3. The standard InChI is InChI=1S/C13H15N5O5S2/c1-5(4-17(20)21)2-6-8(18(22)23)3-7(11(14)19)10(13(16)25)9(6)12(15)24/h3,5H,2,4H2,1H3,(H2,14,19)(H2,15,24)(H2,16,25). The first kappa shape index (κ1) is 20.3. The molecule has 0 heterocycles. The van der Waals surface area contributed by atoms with Crippen LogP contribution in [-0.2, 0) is 6.42 Å². The number of primary amides is 1. The second-order valence-corrected chi connectivity index (χ2v) is 6.23. The lowest BCUT2D eigenvalue weighted by atomic mass is 9.88. The Morgan fingerprint density at radius 2 is 1.68 bits per heavy atom. The van der Waals surface area contributed by atoms with Gasteiger partial charge >= 0.3 is 0 Å². The second kappa shape index (κ2) is 7.90. The predicted octanol–water partition coefficient (Wildman–Crippen LogP) is 0.417. The Hall–Kier alpha value is -2.73. The second-order valence-electron chi connectivity index (χ2n) is 5.35. The van der Waals surface area contributed by atoms with Gasteiger partial charge in [0.05, 0.1) is 10.5 Å². The number of carbonyl (C=O) groups excluding carboxylic acids is 1. The van der Waals surface area contributed by atoms with E-state index < -0.39 is 33.9 Å². The summed E-state index contributed by atoms with van der Waals surface area (Å²) in [5.74, 6) is -1.56. The van der Waals surface area contributed by atoms with Crippen LogP contribution in [0.2, 0.25) is 0 Å². The van der Waals surface area contributed by atoms with Gasteiger partial charge in [-0.15, -0.1) is 0 Å². The van der Waals surface area contributed by atoms with E-state index in [-0.39, 0.29) is 38.7 Å². The van der Waals surface area contributed by atoms with Gasteiger partial charge in [0, 0.05) is 33.6 Å². The number of nitro benzene ring substituents is 1. The Morgan fingerprint density at radius 1 is 1.16 bits per heavy atom. The largest absolute Gasteiger partial charge is 0.389 e. The smallest absolute Gasteiger partial charge is 0.274 e. The zero-order valence-corrected chi connectivity index (χ0v) is 14.7. The summed E-state index contributed by atoms with van der Waals surface area (Å²) in [7, 11) is 0. The van der Waals surface area contributed by atoms with Gasteiger partial charge in [-0.3, -0.25) is 25.0 Å². The molecule has 0 saturated carbocycles. The molecule has 25 heavy (non-hydrogen) atoms. The maximum atomic E-state index is 11.7. The summed E-state index contributed by atoms with van der Waals surface area (Å²) in [5.41, 5.74) is 15.7. The highest BCUT2D eigenvalue weighted by atomic mass is 32.1. The van der Waals surface area contributed by atoms with Crippen molar-refractivity contribution in [3.63, 3.8) is 0 Å². The number of nitrogens with zero attached hydrogens (tertiary/aromatic N) is 2. The molecule has 1 aromatic carbocycles. The molecule has 1 amide bonds. The van der Waals surface area contributed by atoms with Crippen LogP contribution in [0.25, 0.3) is 0 Å². The fraction of sp³-hybridized carbons (Fsp3) is 0.308. The van der Waals surface area contributed by atoms with E-state index >= 15 is 0 Å². The summed E-state index contributed by atoms with van der Waals surface area (Å²) in [6.07, 6.45) is -0.0847. The molecular formula is C13H15N5O5S2. The van der Waals surface area contributed by atoms with E-state index in [2.05, 4.69) is 0 Å². The van der Waals surface area contributed by atoms with Crippen LogP contribution < -0.4 is 17.2 Å². The third kappa shape index (κ3) is 4.64. The fourth-order valence-corrected chi connectivity index (χ4v) is 2.91. The molecule has 0 aliphatic rings. The van der Waals surface area contributed by atoms with Gasteiger partial charge in [-0.1, -0.05) is 31.4 Å². The molecule has 0 saturated heterocycles. The van der Waals surface area contributed by atoms with Crippen LogP contribution in [0.5, 0.6) is 0 Å². The molecule has 1 rings (SSSR count). The van der Waals surface area contributed by atoms with Crippen molar-refractivity contribution in [3.05, 3.63) is 48.5 Å². The van der Waals surface area contributed by atoms with Crippen LogP contribution in [0.15, 0.2) is 6.07 Å². The van der Waals surface area contributed by atoms with Crippen molar-refractivity contribution in [2.45, 2.75) is 13.3 Å². The van der Waals surface area contributed by atoms with Crippen molar-refractivity contribution >= 4 is 46.0 Å². The summed E-state index contributed by atoms with van der Waals surface area (Å²) in [5, 5.41) is 22.1. The van der Waals surface area contributed by atoms with Gasteiger partial charge in [0.15, 0.2) is 0 Å². The number of carbonyl (C=O) groups is 1. The Bertz CT molecular complexity index is 796. The van der Waals surface area contributed by atoms with Crippen LogP contribution in [0.3, 0.4) is 0 Å². The molecule has 0 aliphatic carbocycles. The first-order chi connectivity index (χ1) is 11.5. The van der Waals surface area contributed by atoms with Crippen LogP contribution in [-0.4, -0.2) is 32.3 Å². The number of nitrogens with two attached hydrogens (primary N) is 3. The minimum Gasteiger partial charge on any atom is -0.389 e. The summed E-state index contributed by atoms with van der Waals surface area (Å²) in [4.78, 5) is 31.9. The molecule has 0 bridgehead atoms. The highest BCUT2D eigenvalue weighted by Crippen LogP contribution is 2.31. The summed E-state index contributed by atoms with van der Waals surface area (Å²) < 4.78 is 0. The average molecular weight is 385 g/mol. The predicted molar refractivity (Wildman–Crippen MR) is 98.1 cm³/mol. The summed E-state index contributed by atoms with van der Waals surface area (Å²) >= 11 is 9.85. The van der Waals surface area contributed by atoms with Crippen molar-refractivity contribution in [2.24, 2.45) is 23.1 Å². The van der Waals surface area contributed by atoms with E-state index in [1.807, 2.05) is 0 Å². The van der Waals surface area contributed by atoms with Gasteiger partial charge in [0.2, 0.25) is 12.5 Å². The molecule has 1 aromatic rings. The van der Waals surface area contributed by atoms with Gasteiger partial charge in [-0.2, -0.15) is 0 Å². The van der Waals surface area contributed by atoms with E-state index in [9.17, 15) is 25.0 Å². The van der Waals surface area contributed by atoms with E-state index in [0.29, 0.717) is 0 Å². The monoisotopic (exact) mass is 385 g/mol. The van der Waals surface area contributed by atoms with E-state index in [1.165, 1.54) is 6.92 Å². The van der Waals surface area contributed by atoms with Crippen LogP contribution in [0.1, 0.15) is 34.0 Å². The quantitative estimate of drug-likeness (QED) is 0.324. The lowest BCUT2D eigenvalue weighted by molar-refractivity contribution is -0.487. The van der Waals surface area contributed by atoms with Crippen molar-refractivity contribution in [1.29, 1.82) is 0 Å². The molecule has 0 fully saturated rings. The summed E-state index contributed by atoms with van der Waals surface area (Å²) in [6, 6.07) is 0.937. The van der Waals surface area contributed by atoms with Gasteiger partial charge in [0.1, 0.15) is 9.98 Å². The fourth-order valence-electron chi connectivity index (χ4n) is 2.47. The van der Waals surface area contributed by atoms with Crippen LogP contribution in [0.4, 0.5) is 5.69 Å². The number of amides is 1. The molecule has 1 atom stereocenters. The number of hydrogen-bond acceptors (Lipinski definition) is 7. The molecule has 134 valence electrons. The van der Waals surface area contributed by atoms with Gasteiger partial charge < -0.3 is 17.2 Å². The topological polar surface area (TPSA) is 181 Å². The third-order valence-electron chi connectivity index (χ3n) is 3.38. The molecule has 0 radical (unpaired) electrons. The Balaban J connectivity index is 3.82. The number of benzene rings is 1. The molecule has 1 unspecified atom stereocenters. The molecule has 0 spiro atoms. The zero-order valence-electron chi connectivity index (χ0n) is 13.1. The molecule has 0 aliphatic heterocycles. The normalized spacial score (nSPS) is 11.6. The first-order valence-electron chi connectivity index (χ1n) is 6.82. The average Bonchev–Trinajstić information content (AvgIpc) is 2.44. The number of nitro groups is 2. The maximum Gasteiger partial charge on any atom is 0.274 e. The lowest BCUT2D eigenvalue weighted by Crippen LogP contribution is -2.28. The van der Waals surface area contributed by atoms with Gasteiger partial charge in [-0.05, 0) is 6.42 Å². The molecular weight excluding hydrogens is 370 g/mol. The molecule has 6 N–H and O–H groups in total. The SMILES string of the molecule is CC(Cc1c([N+](=O)[O-])cc(C(N)=O)c(C(N)=S)c1C(N)=S)C[N+](=O)[O-]. The van der Waals surface area contributed by atoms with Crippen LogP contribution >= 0.6 is 24.4 Å². The minimum absolute atomic E-state index is 0.0275. The Labute approximate surface area is 152 Å². The molecule has 0 aromatic heterocycles. The summed E-state index contributed by atoms with van der Waals surface area (Å²) in [6.45, 7) is 1.12. The molecule has 10 nitrogen and oxygen atoms in total. The highest BCUT2D eigenvalue weighted by molar-refractivity contribution is 7.81. The molecule has 12 heteroatoms. The van der Waals surface area contributed by atoms with Crippen molar-refractivity contribution in [3.8, 4) is 0 Å². The van der Waals surface area contributed by atoms with Crippen LogP contribution in [0, 0.1) is 26.1 Å². The minimum atomic E-state index is -0.992. The van der Waals surface area contributed by atoms with Crippen molar-refractivity contribution < 1.29 is 14.6 Å². The maximum absolute atomic E-state index is 11.7. The van der Waals surface area contributed by atoms with Gasteiger partial charge in [0.25, 0.3) is 5.69 Å². The Kier molecular flexibility index (Phi) is 6.42. The van der Waals surface area contributed by atoms with Crippen molar-refractivity contribution in [2.75, 3.05) is 6.54 Å². The zero-order chi connectivity index (χ0) is 19.5. The third-order valence-corrected chi connectivity index (χ3v) is 3.79. The van der Waals surface area contributed by atoms with E-state index in [4.69, 9.17) is 41.6 Å². The number of rotatable bonds is 8.